The van der Waals surface area contributed by atoms with Crippen molar-refractivity contribution in [1.82, 2.24) is 14.7 Å². The Labute approximate surface area is 222 Å². The molecule has 5 rings (SSSR count). The molecule has 2 N–H and O–H groups in total. The summed E-state index contributed by atoms with van der Waals surface area (Å²) < 4.78 is 31.2. The Kier molecular flexibility index (Phi) is 7.16. The number of carbonyl (C=O) groups is 3. The normalized spacial score (nSPS) is 18.8. The van der Waals surface area contributed by atoms with Crippen molar-refractivity contribution in [1.29, 1.82) is 0 Å². The van der Waals surface area contributed by atoms with Crippen molar-refractivity contribution in [2.75, 3.05) is 11.9 Å². The van der Waals surface area contributed by atoms with Crippen LogP contribution >= 0.6 is 11.6 Å². The number of aromatic carboxylic acids is 1. The summed E-state index contributed by atoms with van der Waals surface area (Å²) in [6.07, 6.45) is 1.15. The Hall–Kier alpha value is -3.79. The van der Waals surface area contributed by atoms with E-state index in [0.29, 0.717) is 34.7 Å². The highest BCUT2D eigenvalue weighted by Crippen LogP contribution is 2.33. The van der Waals surface area contributed by atoms with Crippen molar-refractivity contribution in [2.24, 2.45) is 0 Å². The summed E-state index contributed by atoms with van der Waals surface area (Å²) >= 11 is 6.21. The predicted molar refractivity (Wildman–Crippen MR) is 136 cm³/mol. The summed E-state index contributed by atoms with van der Waals surface area (Å²) in [6, 6.07) is 10.0. The second kappa shape index (κ2) is 10.5. The van der Waals surface area contributed by atoms with Crippen molar-refractivity contribution in [3.63, 3.8) is 0 Å². The molecule has 0 radical (unpaired) electrons. The van der Waals surface area contributed by atoms with Crippen molar-refractivity contribution >= 4 is 35.1 Å². The summed E-state index contributed by atoms with van der Waals surface area (Å²) in [4.78, 5) is 39.1. The highest BCUT2D eigenvalue weighted by Gasteiger charge is 2.40. The van der Waals surface area contributed by atoms with E-state index >= 15 is 4.39 Å². The largest absolute Gasteiger partial charge is 0.476 e. The standard InChI is InChI=1S/C27H25ClF2N4O4/c28-19-9-3-1-6-16(19)17-8-5-10-20(24(17)30)31-26(36)22-12-15(29)13-33(22)23(35)14-34-21-11-4-2-7-18(21)25(32-34)27(37)38/h1,3,5-6,8-10,15,22H,2,4,7,11-14H2,(H,31,36)(H,37,38)/t15-,22+/m1/s1. The van der Waals surface area contributed by atoms with Crippen LogP contribution in [0.15, 0.2) is 42.5 Å². The minimum absolute atomic E-state index is 0.0829. The Morgan fingerprint density at radius 3 is 2.58 bits per heavy atom. The number of hydrogen-bond acceptors (Lipinski definition) is 4. The maximum atomic E-state index is 15.3. The molecular formula is C27H25ClF2N4O4. The molecule has 2 aliphatic rings. The lowest BCUT2D eigenvalue weighted by atomic mass is 9.96. The van der Waals surface area contributed by atoms with E-state index in [0.717, 1.165) is 17.7 Å². The van der Waals surface area contributed by atoms with Gasteiger partial charge in [0.25, 0.3) is 0 Å². The van der Waals surface area contributed by atoms with Gasteiger partial charge in [-0.15, -0.1) is 0 Å². The van der Waals surface area contributed by atoms with Crippen molar-refractivity contribution in [2.45, 2.75) is 50.9 Å². The SMILES string of the molecule is O=C(O)c1nn(CC(=O)N2C[C@H](F)C[C@H]2C(=O)Nc2cccc(-c3ccccc3Cl)c2F)c2c1CCCC2. The molecule has 1 aromatic heterocycles. The van der Waals surface area contributed by atoms with Gasteiger partial charge in [-0.25, -0.2) is 13.6 Å². The summed E-state index contributed by atoms with van der Waals surface area (Å²) in [5.41, 5.74) is 1.73. The summed E-state index contributed by atoms with van der Waals surface area (Å²) in [7, 11) is 0. The summed E-state index contributed by atoms with van der Waals surface area (Å²) in [5.74, 6) is -3.16. The van der Waals surface area contributed by atoms with Crippen molar-refractivity contribution in [3.05, 3.63) is 70.3 Å². The molecule has 38 heavy (non-hydrogen) atoms. The molecule has 0 unspecified atom stereocenters. The van der Waals surface area contributed by atoms with Crippen molar-refractivity contribution in [3.8, 4) is 11.1 Å². The van der Waals surface area contributed by atoms with E-state index < -0.39 is 35.8 Å². The number of benzene rings is 2. The van der Waals surface area contributed by atoms with Gasteiger partial charge >= 0.3 is 5.97 Å². The Bertz CT molecular complexity index is 1430. The molecule has 0 bridgehead atoms. The summed E-state index contributed by atoms with van der Waals surface area (Å²) in [6.45, 7) is -0.614. The Balaban J connectivity index is 1.36. The number of nitrogens with one attached hydrogen (secondary N) is 1. The van der Waals surface area contributed by atoms with Crippen LogP contribution in [0.5, 0.6) is 0 Å². The number of fused-ring (bicyclic) bond motifs is 1. The van der Waals surface area contributed by atoms with E-state index in [1.54, 1.807) is 30.3 Å². The van der Waals surface area contributed by atoms with Gasteiger partial charge in [0.05, 0.1) is 12.2 Å². The first-order valence-corrected chi connectivity index (χ1v) is 12.7. The topological polar surface area (TPSA) is 105 Å². The first-order chi connectivity index (χ1) is 18.2. The number of halogens is 3. The second-order valence-corrected chi connectivity index (χ2v) is 9.88. The first kappa shape index (κ1) is 25.8. The third kappa shape index (κ3) is 4.88. The van der Waals surface area contributed by atoms with Crippen LogP contribution in [0.25, 0.3) is 11.1 Å². The molecule has 1 aliphatic heterocycles. The molecule has 2 amide bonds. The molecular weight excluding hydrogens is 518 g/mol. The first-order valence-electron chi connectivity index (χ1n) is 12.3. The van der Waals surface area contributed by atoms with Crippen LogP contribution < -0.4 is 5.32 Å². The van der Waals surface area contributed by atoms with E-state index in [-0.39, 0.29) is 36.5 Å². The lowest BCUT2D eigenvalue weighted by Crippen LogP contribution is -2.44. The van der Waals surface area contributed by atoms with Gasteiger partial charge in [0.15, 0.2) is 11.5 Å². The molecule has 3 aromatic rings. The highest BCUT2D eigenvalue weighted by atomic mass is 35.5. The number of carboxylic acid groups (broad SMARTS) is 1. The third-order valence-corrected chi connectivity index (χ3v) is 7.37. The maximum absolute atomic E-state index is 15.3. The fraction of sp³-hybridized carbons (Fsp3) is 0.333. The van der Waals surface area contributed by atoms with Gasteiger partial charge in [-0.05, 0) is 37.8 Å². The average molecular weight is 543 g/mol. The fourth-order valence-electron chi connectivity index (χ4n) is 5.23. The zero-order valence-electron chi connectivity index (χ0n) is 20.3. The molecule has 1 saturated heterocycles. The lowest BCUT2D eigenvalue weighted by Gasteiger charge is -2.24. The molecule has 2 aromatic carbocycles. The minimum Gasteiger partial charge on any atom is -0.476 e. The predicted octanol–water partition coefficient (Wildman–Crippen LogP) is 4.50. The number of anilines is 1. The molecule has 8 nitrogen and oxygen atoms in total. The van der Waals surface area contributed by atoms with Crippen LogP contribution in [-0.4, -0.2) is 56.3 Å². The van der Waals surface area contributed by atoms with E-state index in [9.17, 15) is 23.9 Å². The molecule has 1 fully saturated rings. The van der Waals surface area contributed by atoms with E-state index in [1.807, 2.05) is 0 Å². The van der Waals surface area contributed by atoms with Gasteiger partial charge < -0.3 is 15.3 Å². The molecule has 2 heterocycles. The zero-order valence-corrected chi connectivity index (χ0v) is 21.0. The van der Waals surface area contributed by atoms with Crippen molar-refractivity contribution < 1.29 is 28.3 Å². The Morgan fingerprint density at radius 2 is 1.82 bits per heavy atom. The van der Waals surface area contributed by atoms with Crippen LogP contribution in [0.1, 0.15) is 41.0 Å². The van der Waals surface area contributed by atoms with E-state index in [1.165, 1.54) is 16.8 Å². The number of carboxylic acids is 1. The number of aromatic nitrogens is 2. The van der Waals surface area contributed by atoms with E-state index in [4.69, 9.17) is 11.6 Å². The molecule has 1 aliphatic carbocycles. The second-order valence-electron chi connectivity index (χ2n) is 9.47. The zero-order chi connectivity index (χ0) is 27.0. The van der Waals surface area contributed by atoms with Gasteiger partial charge in [0.2, 0.25) is 11.8 Å². The molecule has 0 spiro atoms. The summed E-state index contributed by atoms with van der Waals surface area (Å²) in [5, 5.41) is 16.5. The highest BCUT2D eigenvalue weighted by molar-refractivity contribution is 6.33. The smallest absolute Gasteiger partial charge is 0.356 e. The van der Waals surface area contributed by atoms with Crippen LogP contribution in [0.4, 0.5) is 14.5 Å². The fourth-order valence-corrected chi connectivity index (χ4v) is 5.47. The van der Waals surface area contributed by atoms with Crippen LogP contribution in [0.2, 0.25) is 5.02 Å². The minimum atomic E-state index is -1.44. The van der Waals surface area contributed by atoms with Gasteiger partial charge in [0.1, 0.15) is 18.8 Å². The average Bonchev–Trinajstić information content (AvgIpc) is 3.47. The third-order valence-electron chi connectivity index (χ3n) is 7.04. The maximum Gasteiger partial charge on any atom is 0.356 e. The number of nitrogens with zero attached hydrogens (tertiary/aromatic N) is 3. The van der Waals surface area contributed by atoms with E-state index in [2.05, 4.69) is 10.4 Å². The van der Waals surface area contributed by atoms with Gasteiger partial charge in [-0.2, -0.15) is 5.10 Å². The molecule has 11 heteroatoms. The van der Waals surface area contributed by atoms with Crippen LogP contribution in [-0.2, 0) is 29.0 Å². The number of likely N-dealkylation sites (tertiary alicyclic amines) is 1. The van der Waals surface area contributed by atoms with Crippen LogP contribution in [0.3, 0.4) is 0 Å². The molecule has 0 saturated carbocycles. The number of alkyl halides is 1. The Morgan fingerprint density at radius 1 is 1.08 bits per heavy atom. The van der Waals surface area contributed by atoms with Gasteiger partial charge in [0, 0.05) is 33.8 Å². The molecule has 198 valence electrons. The number of amides is 2. The number of carbonyl (C=O) groups excluding carboxylic acids is 2. The quantitative estimate of drug-likeness (QED) is 0.477. The molecule has 2 atom stereocenters. The van der Waals surface area contributed by atoms with Gasteiger partial charge in [-0.3, -0.25) is 14.3 Å². The number of hydrogen-bond donors (Lipinski definition) is 2. The number of rotatable bonds is 6. The van der Waals surface area contributed by atoms with Crippen LogP contribution in [0, 0.1) is 5.82 Å². The van der Waals surface area contributed by atoms with Gasteiger partial charge in [-0.1, -0.05) is 41.9 Å². The monoisotopic (exact) mass is 542 g/mol. The lowest BCUT2D eigenvalue weighted by molar-refractivity contribution is -0.137.